The Morgan fingerprint density at radius 2 is 1.47 bits per heavy atom. The maximum atomic E-state index is 13.1. The van der Waals surface area contributed by atoms with Gasteiger partial charge in [-0.15, -0.1) is 0 Å². The third kappa shape index (κ3) is 4.09. The Balaban J connectivity index is 1.64. The molecule has 0 radical (unpaired) electrons. The van der Waals surface area contributed by atoms with E-state index in [1.54, 1.807) is 36.4 Å². The van der Waals surface area contributed by atoms with Gasteiger partial charge in [-0.2, -0.15) is 0 Å². The maximum Gasteiger partial charge on any atom is 0.270 e. The van der Waals surface area contributed by atoms with Crippen molar-refractivity contribution in [3.8, 4) is 28.7 Å². The lowest BCUT2D eigenvalue weighted by Crippen LogP contribution is -2.54. The zero-order valence-corrected chi connectivity index (χ0v) is 17.2. The standard InChI is InChI=1S/C23H16N2O6S/c26-14-10-19(27)17(20(28)11-14)12-18-21(29)24-23(32)25(22(18)30)13-6-8-16(9-7-13)31-15-4-2-1-3-5-15/h1-12,26-28H,(H,24,29,32)/b18-12+. The van der Waals surface area contributed by atoms with Crippen LogP contribution in [0.2, 0.25) is 0 Å². The molecule has 0 saturated carbocycles. The molecule has 4 N–H and O–H groups in total. The van der Waals surface area contributed by atoms with Crippen molar-refractivity contribution in [3.63, 3.8) is 0 Å². The van der Waals surface area contributed by atoms with Crippen LogP contribution in [0.1, 0.15) is 5.56 Å². The number of nitrogens with zero attached hydrogens (tertiary/aromatic N) is 1. The quantitative estimate of drug-likeness (QED) is 0.274. The van der Waals surface area contributed by atoms with Gasteiger partial charge in [0.15, 0.2) is 5.11 Å². The summed E-state index contributed by atoms with van der Waals surface area (Å²) < 4.78 is 5.73. The van der Waals surface area contributed by atoms with Gasteiger partial charge in [0.05, 0.1) is 11.3 Å². The summed E-state index contributed by atoms with van der Waals surface area (Å²) in [5.41, 5.74) is -0.175. The lowest BCUT2D eigenvalue weighted by molar-refractivity contribution is -0.122. The summed E-state index contributed by atoms with van der Waals surface area (Å²) in [4.78, 5) is 26.6. The molecule has 0 aliphatic carbocycles. The summed E-state index contributed by atoms with van der Waals surface area (Å²) in [5.74, 6) is -1.72. The topological polar surface area (TPSA) is 119 Å². The molecule has 32 heavy (non-hydrogen) atoms. The molecule has 1 saturated heterocycles. The Labute approximate surface area is 187 Å². The molecule has 1 heterocycles. The number of benzene rings is 3. The van der Waals surface area contributed by atoms with Crippen molar-refractivity contribution in [2.45, 2.75) is 0 Å². The number of amides is 2. The summed E-state index contributed by atoms with van der Waals surface area (Å²) in [6, 6.07) is 17.6. The van der Waals surface area contributed by atoms with E-state index in [-0.39, 0.29) is 22.0 Å². The second-order valence-electron chi connectivity index (χ2n) is 6.76. The highest BCUT2D eigenvalue weighted by atomic mass is 32.1. The first kappa shape index (κ1) is 20.9. The third-order valence-corrected chi connectivity index (χ3v) is 4.87. The van der Waals surface area contributed by atoms with Crippen LogP contribution in [0.3, 0.4) is 0 Å². The number of ether oxygens (including phenoxy) is 1. The van der Waals surface area contributed by atoms with Crippen LogP contribution in [0.25, 0.3) is 6.08 Å². The second kappa shape index (κ2) is 8.40. The third-order valence-electron chi connectivity index (χ3n) is 4.59. The summed E-state index contributed by atoms with van der Waals surface area (Å²) in [6.45, 7) is 0. The smallest absolute Gasteiger partial charge is 0.270 e. The van der Waals surface area contributed by atoms with E-state index in [0.717, 1.165) is 23.1 Å². The van der Waals surface area contributed by atoms with E-state index in [9.17, 15) is 24.9 Å². The highest BCUT2D eigenvalue weighted by Gasteiger charge is 2.35. The zero-order valence-electron chi connectivity index (χ0n) is 16.4. The van der Waals surface area contributed by atoms with Gasteiger partial charge >= 0.3 is 0 Å². The minimum Gasteiger partial charge on any atom is -0.508 e. The first-order chi connectivity index (χ1) is 15.3. The summed E-state index contributed by atoms with van der Waals surface area (Å²) in [7, 11) is 0. The number of anilines is 1. The number of hydrogen-bond acceptors (Lipinski definition) is 7. The largest absolute Gasteiger partial charge is 0.508 e. The molecule has 3 aromatic carbocycles. The highest BCUT2D eigenvalue weighted by Crippen LogP contribution is 2.35. The lowest BCUT2D eigenvalue weighted by Gasteiger charge is -2.29. The minimum atomic E-state index is -0.785. The number of hydrogen-bond donors (Lipinski definition) is 4. The van der Waals surface area contributed by atoms with Crippen molar-refractivity contribution >= 4 is 40.9 Å². The van der Waals surface area contributed by atoms with Gasteiger partial charge in [-0.3, -0.25) is 19.8 Å². The Morgan fingerprint density at radius 1 is 0.875 bits per heavy atom. The van der Waals surface area contributed by atoms with E-state index in [2.05, 4.69) is 5.32 Å². The van der Waals surface area contributed by atoms with Crippen LogP contribution in [0.5, 0.6) is 28.7 Å². The Bertz CT molecular complexity index is 1230. The molecule has 1 aliphatic rings. The van der Waals surface area contributed by atoms with Crippen molar-refractivity contribution in [2.24, 2.45) is 0 Å². The van der Waals surface area contributed by atoms with Gasteiger partial charge in [-0.1, -0.05) is 18.2 Å². The van der Waals surface area contributed by atoms with E-state index >= 15 is 0 Å². The molecular weight excluding hydrogens is 432 g/mol. The predicted octanol–water partition coefficient (Wildman–Crippen LogP) is 3.43. The number of phenols is 3. The van der Waals surface area contributed by atoms with Gasteiger partial charge in [0.25, 0.3) is 11.8 Å². The average molecular weight is 448 g/mol. The summed E-state index contributed by atoms with van der Waals surface area (Å²) in [6.07, 6.45) is 1.03. The van der Waals surface area contributed by atoms with Gasteiger partial charge in [-0.05, 0) is 54.7 Å². The minimum absolute atomic E-state index is 0.118. The fourth-order valence-corrected chi connectivity index (χ4v) is 3.36. The molecule has 160 valence electrons. The number of para-hydroxylation sites is 1. The fraction of sp³-hybridized carbons (Fsp3) is 0. The molecule has 3 aromatic rings. The van der Waals surface area contributed by atoms with Crippen molar-refractivity contribution in [3.05, 3.63) is 77.9 Å². The fourth-order valence-electron chi connectivity index (χ4n) is 3.08. The number of carbonyl (C=O) groups excluding carboxylic acids is 2. The predicted molar refractivity (Wildman–Crippen MR) is 121 cm³/mol. The first-order valence-electron chi connectivity index (χ1n) is 9.33. The van der Waals surface area contributed by atoms with Crippen LogP contribution in [-0.4, -0.2) is 32.2 Å². The molecule has 4 rings (SSSR count). The van der Waals surface area contributed by atoms with Gasteiger partial charge in [-0.25, -0.2) is 0 Å². The molecule has 9 heteroatoms. The highest BCUT2D eigenvalue weighted by molar-refractivity contribution is 7.80. The number of thiocarbonyl (C=S) groups is 1. The number of aromatic hydroxyl groups is 3. The summed E-state index contributed by atoms with van der Waals surface area (Å²) >= 11 is 5.17. The molecule has 0 spiro atoms. The molecule has 0 unspecified atom stereocenters. The van der Waals surface area contributed by atoms with E-state index < -0.39 is 23.3 Å². The second-order valence-corrected chi connectivity index (χ2v) is 7.15. The van der Waals surface area contributed by atoms with Crippen LogP contribution < -0.4 is 15.0 Å². The van der Waals surface area contributed by atoms with Crippen molar-refractivity contribution < 1.29 is 29.6 Å². The van der Waals surface area contributed by atoms with Gasteiger partial charge in [0.2, 0.25) is 0 Å². The number of nitrogens with one attached hydrogen (secondary N) is 1. The Hall–Kier alpha value is -4.37. The van der Waals surface area contributed by atoms with E-state index in [0.29, 0.717) is 17.2 Å². The van der Waals surface area contributed by atoms with Crippen LogP contribution >= 0.6 is 12.2 Å². The number of rotatable bonds is 4. The SMILES string of the molecule is O=C1NC(=S)N(c2ccc(Oc3ccccc3)cc2)C(=O)/C1=C/c1c(O)cc(O)cc1O. The zero-order chi connectivity index (χ0) is 22.8. The molecule has 0 atom stereocenters. The first-order valence-corrected chi connectivity index (χ1v) is 9.73. The number of phenolic OH excluding ortho intramolecular Hbond substituents is 3. The molecule has 1 fully saturated rings. The van der Waals surface area contributed by atoms with Crippen molar-refractivity contribution in [1.29, 1.82) is 0 Å². The molecule has 2 amide bonds. The Morgan fingerprint density at radius 3 is 2.09 bits per heavy atom. The maximum absolute atomic E-state index is 13.1. The van der Waals surface area contributed by atoms with E-state index in [4.69, 9.17) is 17.0 Å². The van der Waals surface area contributed by atoms with Crippen LogP contribution in [0.4, 0.5) is 5.69 Å². The Kier molecular flexibility index (Phi) is 5.48. The molecule has 1 aliphatic heterocycles. The summed E-state index contributed by atoms with van der Waals surface area (Å²) in [5, 5.41) is 31.7. The van der Waals surface area contributed by atoms with Crippen LogP contribution in [0, 0.1) is 0 Å². The number of carbonyl (C=O) groups is 2. The average Bonchev–Trinajstić information content (AvgIpc) is 2.74. The normalized spacial score (nSPS) is 15.1. The van der Waals surface area contributed by atoms with Gasteiger partial charge < -0.3 is 20.1 Å². The van der Waals surface area contributed by atoms with E-state index in [1.165, 1.54) is 0 Å². The van der Waals surface area contributed by atoms with Crippen LogP contribution in [-0.2, 0) is 9.59 Å². The van der Waals surface area contributed by atoms with E-state index in [1.807, 2.05) is 18.2 Å². The van der Waals surface area contributed by atoms with Crippen molar-refractivity contribution in [2.75, 3.05) is 4.90 Å². The van der Waals surface area contributed by atoms with Crippen molar-refractivity contribution in [1.82, 2.24) is 5.32 Å². The van der Waals surface area contributed by atoms with Crippen LogP contribution in [0.15, 0.2) is 72.3 Å². The van der Waals surface area contributed by atoms with Gasteiger partial charge in [0, 0.05) is 12.1 Å². The van der Waals surface area contributed by atoms with Gasteiger partial charge in [0.1, 0.15) is 34.3 Å². The molecular formula is C23H16N2O6S. The monoisotopic (exact) mass is 448 g/mol. The lowest BCUT2D eigenvalue weighted by atomic mass is 10.0. The molecule has 0 aromatic heterocycles. The molecule has 8 nitrogen and oxygen atoms in total. The molecule has 0 bridgehead atoms.